The molecule has 2 aliphatic heterocycles. The van der Waals surface area contributed by atoms with Crippen LogP contribution in [0.15, 0.2) is 42.5 Å². The molecular weight excluding hydrogens is 424 g/mol. The van der Waals surface area contributed by atoms with Gasteiger partial charge in [-0.3, -0.25) is 14.5 Å². The summed E-state index contributed by atoms with van der Waals surface area (Å²) in [6.07, 6.45) is 0. The van der Waals surface area contributed by atoms with E-state index >= 15 is 0 Å². The van der Waals surface area contributed by atoms with Crippen molar-refractivity contribution >= 4 is 11.8 Å². The van der Waals surface area contributed by atoms with Crippen molar-refractivity contribution in [3.63, 3.8) is 0 Å². The predicted octanol–water partition coefficient (Wildman–Crippen LogP) is 1.15. The molecule has 0 unspecified atom stereocenters. The number of ether oxygens (including phenoxy) is 3. The first kappa shape index (κ1) is 22.9. The van der Waals surface area contributed by atoms with Crippen molar-refractivity contribution in [1.82, 2.24) is 20.4 Å². The molecule has 2 heterocycles. The summed E-state index contributed by atoms with van der Waals surface area (Å²) in [4.78, 5) is 29.5. The number of nitrogens with one attached hydrogen (secondary N) is 2. The van der Waals surface area contributed by atoms with Gasteiger partial charge in [0.15, 0.2) is 11.5 Å². The molecule has 1 atom stereocenters. The Morgan fingerprint density at radius 1 is 0.970 bits per heavy atom. The van der Waals surface area contributed by atoms with E-state index in [9.17, 15) is 9.59 Å². The van der Waals surface area contributed by atoms with Crippen LogP contribution in [0.5, 0.6) is 17.2 Å². The Morgan fingerprint density at radius 2 is 1.67 bits per heavy atom. The van der Waals surface area contributed by atoms with E-state index in [1.807, 2.05) is 30.3 Å². The first-order chi connectivity index (χ1) is 16.0. The van der Waals surface area contributed by atoms with Gasteiger partial charge in [0, 0.05) is 39.3 Å². The molecule has 2 aromatic rings. The molecule has 0 aromatic heterocycles. The summed E-state index contributed by atoms with van der Waals surface area (Å²) in [6, 6.07) is 13.2. The van der Waals surface area contributed by atoms with Crippen molar-refractivity contribution in [3.05, 3.63) is 53.6 Å². The standard InChI is InChI=1S/C24H30N4O5/c1-27-9-11-28(12-10-27)20(18-4-6-19(31-2)7-5-18)15-26-24(30)23(29)25-14-17-3-8-21-22(13-17)33-16-32-21/h3-8,13,20H,9-12,14-16H2,1-2H3,(H,25,29)(H,26,30)/t20-/m1/s1. The Kier molecular flexibility index (Phi) is 7.31. The van der Waals surface area contributed by atoms with E-state index in [1.54, 1.807) is 19.2 Å². The van der Waals surface area contributed by atoms with Crippen LogP contribution in [0.2, 0.25) is 0 Å². The zero-order valence-electron chi connectivity index (χ0n) is 19.0. The molecule has 0 saturated carbocycles. The van der Waals surface area contributed by atoms with Gasteiger partial charge >= 0.3 is 11.8 Å². The minimum atomic E-state index is -0.667. The number of carbonyl (C=O) groups is 2. The highest BCUT2D eigenvalue weighted by atomic mass is 16.7. The number of nitrogens with zero attached hydrogens (tertiary/aromatic N) is 2. The maximum Gasteiger partial charge on any atom is 0.309 e. The van der Waals surface area contributed by atoms with Crippen molar-refractivity contribution in [1.29, 1.82) is 0 Å². The zero-order valence-corrected chi connectivity index (χ0v) is 19.0. The van der Waals surface area contributed by atoms with Gasteiger partial charge in [-0.05, 0) is 42.4 Å². The lowest BCUT2D eigenvalue weighted by molar-refractivity contribution is -0.139. The van der Waals surface area contributed by atoms with Crippen molar-refractivity contribution in [2.24, 2.45) is 0 Å². The van der Waals surface area contributed by atoms with Gasteiger partial charge in [-0.25, -0.2) is 0 Å². The van der Waals surface area contributed by atoms with E-state index in [0.29, 0.717) is 18.0 Å². The fraction of sp³-hybridized carbons (Fsp3) is 0.417. The number of hydrogen-bond donors (Lipinski definition) is 2. The zero-order chi connectivity index (χ0) is 23.2. The van der Waals surface area contributed by atoms with Crippen LogP contribution in [-0.4, -0.2) is 75.3 Å². The molecule has 2 aromatic carbocycles. The average Bonchev–Trinajstić information content (AvgIpc) is 3.32. The Labute approximate surface area is 193 Å². The minimum absolute atomic E-state index is 0.0322. The summed E-state index contributed by atoms with van der Waals surface area (Å²) in [6.45, 7) is 4.44. The topological polar surface area (TPSA) is 92.4 Å². The lowest BCUT2D eigenvalue weighted by Crippen LogP contribution is -2.49. The summed E-state index contributed by atoms with van der Waals surface area (Å²) in [7, 11) is 3.74. The first-order valence-electron chi connectivity index (χ1n) is 11.0. The van der Waals surface area contributed by atoms with Crippen LogP contribution in [0.4, 0.5) is 0 Å². The summed E-state index contributed by atoms with van der Waals surface area (Å²) in [5.74, 6) is 0.780. The van der Waals surface area contributed by atoms with Gasteiger partial charge in [0.25, 0.3) is 0 Å². The minimum Gasteiger partial charge on any atom is -0.497 e. The van der Waals surface area contributed by atoms with Crippen LogP contribution < -0.4 is 24.8 Å². The lowest BCUT2D eigenvalue weighted by atomic mass is 10.0. The maximum atomic E-state index is 12.5. The SMILES string of the molecule is COc1ccc([C@@H](CNC(=O)C(=O)NCc2ccc3c(c2)OCO3)N2CCN(C)CC2)cc1. The first-order valence-corrected chi connectivity index (χ1v) is 11.0. The highest BCUT2D eigenvalue weighted by Gasteiger charge is 2.25. The molecule has 9 heteroatoms. The second kappa shape index (κ2) is 10.5. The molecule has 0 spiro atoms. The summed E-state index contributed by atoms with van der Waals surface area (Å²) < 4.78 is 15.9. The number of piperazine rings is 1. The van der Waals surface area contributed by atoms with E-state index in [-0.39, 0.29) is 19.4 Å². The molecular formula is C24H30N4O5. The van der Waals surface area contributed by atoms with Crippen molar-refractivity contribution in [2.45, 2.75) is 12.6 Å². The molecule has 1 fully saturated rings. The molecule has 4 rings (SSSR count). The van der Waals surface area contributed by atoms with Crippen molar-refractivity contribution in [2.75, 3.05) is 53.7 Å². The second-order valence-corrected chi connectivity index (χ2v) is 8.21. The molecule has 2 N–H and O–H groups in total. The van der Waals surface area contributed by atoms with Gasteiger partial charge in [0.05, 0.1) is 13.2 Å². The van der Waals surface area contributed by atoms with Gasteiger partial charge < -0.3 is 29.7 Å². The van der Waals surface area contributed by atoms with Crippen LogP contribution in [0.1, 0.15) is 17.2 Å². The number of hydrogen-bond acceptors (Lipinski definition) is 7. The number of fused-ring (bicyclic) bond motifs is 1. The highest BCUT2D eigenvalue weighted by Crippen LogP contribution is 2.32. The third-order valence-electron chi connectivity index (χ3n) is 6.03. The molecule has 2 aliphatic rings. The highest BCUT2D eigenvalue weighted by molar-refractivity contribution is 6.35. The molecule has 33 heavy (non-hydrogen) atoms. The van der Waals surface area contributed by atoms with Crippen LogP contribution in [-0.2, 0) is 16.1 Å². The molecule has 0 bridgehead atoms. The van der Waals surface area contributed by atoms with Gasteiger partial charge in [0.1, 0.15) is 5.75 Å². The fourth-order valence-corrected chi connectivity index (χ4v) is 4.00. The molecule has 2 amide bonds. The number of methoxy groups -OCH3 is 1. The Hall–Kier alpha value is -3.30. The van der Waals surface area contributed by atoms with Gasteiger partial charge in [-0.15, -0.1) is 0 Å². The summed E-state index contributed by atoms with van der Waals surface area (Å²) >= 11 is 0. The van der Waals surface area contributed by atoms with Gasteiger partial charge in [-0.1, -0.05) is 18.2 Å². The Bertz CT molecular complexity index is 973. The smallest absolute Gasteiger partial charge is 0.309 e. The quantitative estimate of drug-likeness (QED) is 0.607. The van der Waals surface area contributed by atoms with Crippen molar-refractivity contribution in [3.8, 4) is 17.2 Å². The van der Waals surface area contributed by atoms with Crippen molar-refractivity contribution < 1.29 is 23.8 Å². The number of amides is 2. The number of rotatable bonds is 7. The monoisotopic (exact) mass is 454 g/mol. The Balaban J connectivity index is 1.34. The van der Waals surface area contributed by atoms with Crippen LogP contribution in [0.3, 0.4) is 0 Å². The average molecular weight is 455 g/mol. The van der Waals surface area contributed by atoms with E-state index < -0.39 is 11.8 Å². The maximum absolute atomic E-state index is 12.5. The van der Waals surface area contributed by atoms with Gasteiger partial charge in [-0.2, -0.15) is 0 Å². The van der Waals surface area contributed by atoms with Crippen LogP contribution >= 0.6 is 0 Å². The van der Waals surface area contributed by atoms with Crippen LogP contribution in [0, 0.1) is 0 Å². The molecule has 1 saturated heterocycles. The molecule has 0 aliphatic carbocycles. The van der Waals surface area contributed by atoms with Gasteiger partial charge in [0.2, 0.25) is 6.79 Å². The summed E-state index contributed by atoms with van der Waals surface area (Å²) in [5, 5.41) is 5.48. The summed E-state index contributed by atoms with van der Waals surface area (Å²) in [5.41, 5.74) is 1.90. The second-order valence-electron chi connectivity index (χ2n) is 8.21. The molecule has 176 valence electrons. The number of carbonyl (C=O) groups excluding carboxylic acids is 2. The number of likely N-dealkylation sites (N-methyl/N-ethyl adjacent to an activating group) is 1. The van der Waals surface area contributed by atoms with E-state index in [4.69, 9.17) is 14.2 Å². The van der Waals surface area contributed by atoms with E-state index in [1.165, 1.54) is 0 Å². The molecule has 0 radical (unpaired) electrons. The molecule has 9 nitrogen and oxygen atoms in total. The largest absolute Gasteiger partial charge is 0.497 e. The van der Waals surface area contributed by atoms with E-state index in [0.717, 1.165) is 43.1 Å². The third kappa shape index (κ3) is 5.74. The lowest BCUT2D eigenvalue weighted by Gasteiger charge is -2.38. The predicted molar refractivity (Wildman–Crippen MR) is 122 cm³/mol. The normalized spacial score (nSPS) is 16.8. The Morgan fingerprint density at radius 3 is 2.39 bits per heavy atom. The fourth-order valence-electron chi connectivity index (χ4n) is 4.00. The third-order valence-corrected chi connectivity index (χ3v) is 6.03. The number of benzene rings is 2. The van der Waals surface area contributed by atoms with Crippen LogP contribution in [0.25, 0.3) is 0 Å². The van der Waals surface area contributed by atoms with E-state index in [2.05, 4.69) is 27.5 Å².